The molecule has 0 aliphatic carbocycles. The average molecular weight is 304 g/mol. The van der Waals surface area contributed by atoms with Crippen LogP contribution in [0.15, 0.2) is 66.7 Å². The Morgan fingerprint density at radius 3 is 1.74 bits per heavy atom. The van der Waals surface area contributed by atoms with Gasteiger partial charge in [0.05, 0.1) is 0 Å². The Morgan fingerprint density at radius 1 is 0.652 bits per heavy atom. The van der Waals surface area contributed by atoms with E-state index in [0.717, 1.165) is 24.0 Å². The van der Waals surface area contributed by atoms with Crippen molar-refractivity contribution in [1.82, 2.24) is 0 Å². The molecule has 0 spiro atoms. The lowest BCUT2D eigenvalue weighted by molar-refractivity contribution is 0.630. The number of rotatable bonds is 4. The summed E-state index contributed by atoms with van der Waals surface area (Å²) in [6.45, 7) is 4.01. The van der Waals surface area contributed by atoms with E-state index in [2.05, 4.69) is 43.3 Å². The highest BCUT2D eigenvalue weighted by Gasteiger charge is 2.05. The van der Waals surface area contributed by atoms with E-state index in [-0.39, 0.29) is 5.82 Å². The molecular weight excluding hydrogens is 283 g/mol. The fourth-order valence-corrected chi connectivity index (χ4v) is 2.75. The molecular formula is C22H21F. The molecule has 0 nitrogen and oxygen atoms in total. The maximum absolute atomic E-state index is 14.0. The van der Waals surface area contributed by atoms with Crippen molar-refractivity contribution in [3.63, 3.8) is 0 Å². The van der Waals surface area contributed by atoms with Crippen LogP contribution >= 0.6 is 0 Å². The first-order chi connectivity index (χ1) is 11.1. The SMILES string of the molecule is Cc1ccc(CCc2ccc(-c3ccc(C)cc3F)cc2)cc1. The van der Waals surface area contributed by atoms with Crippen LogP contribution in [0.1, 0.15) is 22.3 Å². The monoisotopic (exact) mass is 304 g/mol. The maximum atomic E-state index is 14.0. The van der Waals surface area contributed by atoms with Gasteiger partial charge in [0.15, 0.2) is 0 Å². The van der Waals surface area contributed by atoms with E-state index >= 15 is 0 Å². The molecule has 0 atom stereocenters. The molecule has 0 heterocycles. The lowest BCUT2D eigenvalue weighted by atomic mass is 9.99. The molecule has 0 amide bonds. The van der Waals surface area contributed by atoms with Crippen molar-refractivity contribution < 1.29 is 4.39 Å². The van der Waals surface area contributed by atoms with Gasteiger partial charge in [0.1, 0.15) is 5.82 Å². The zero-order valence-corrected chi connectivity index (χ0v) is 13.6. The molecule has 0 aromatic heterocycles. The predicted octanol–water partition coefficient (Wildman–Crippen LogP) is 5.89. The van der Waals surface area contributed by atoms with Gasteiger partial charge in [-0.2, -0.15) is 0 Å². The molecule has 0 saturated carbocycles. The number of benzene rings is 3. The van der Waals surface area contributed by atoms with Crippen LogP contribution in [0.25, 0.3) is 11.1 Å². The Morgan fingerprint density at radius 2 is 1.17 bits per heavy atom. The molecule has 0 aliphatic heterocycles. The Labute approximate surface area is 137 Å². The normalized spacial score (nSPS) is 10.7. The molecule has 1 heteroatoms. The summed E-state index contributed by atoms with van der Waals surface area (Å²) in [6, 6.07) is 22.3. The van der Waals surface area contributed by atoms with E-state index in [1.807, 2.05) is 31.2 Å². The molecule has 0 N–H and O–H groups in total. The zero-order valence-electron chi connectivity index (χ0n) is 13.6. The van der Waals surface area contributed by atoms with Gasteiger partial charge in [-0.3, -0.25) is 0 Å². The molecule has 0 saturated heterocycles. The van der Waals surface area contributed by atoms with Crippen molar-refractivity contribution in [3.05, 3.63) is 94.8 Å². The highest BCUT2D eigenvalue weighted by molar-refractivity contribution is 5.64. The standard InChI is InChI=1S/C22H21F/c1-16-3-6-18(7-4-16)8-9-19-10-12-20(13-11-19)21-14-5-17(2)15-22(21)23/h3-7,10-15H,8-9H2,1-2H3. The molecule has 116 valence electrons. The molecule has 0 fully saturated rings. The van der Waals surface area contributed by atoms with Crippen LogP contribution in [0.2, 0.25) is 0 Å². The highest BCUT2D eigenvalue weighted by atomic mass is 19.1. The Balaban J connectivity index is 1.70. The fraction of sp³-hybridized carbons (Fsp3) is 0.182. The van der Waals surface area contributed by atoms with Gasteiger partial charge >= 0.3 is 0 Å². The first-order valence-corrected chi connectivity index (χ1v) is 8.03. The van der Waals surface area contributed by atoms with Crippen LogP contribution < -0.4 is 0 Å². The van der Waals surface area contributed by atoms with Gasteiger partial charge in [0, 0.05) is 5.56 Å². The van der Waals surface area contributed by atoms with Gasteiger partial charge in [-0.25, -0.2) is 4.39 Å². The summed E-state index contributed by atoms with van der Waals surface area (Å²) in [6.07, 6.45) is 2.03. The van der Waals surface area contributed by atoms with Gasteiger partial charge in [-0.05, 0) is 55.0 Å². The van der Waals surface area contributed by atoms with Gasteiger partial charge in [0.2, 0.25) is 0 Å². The predicted molar refractivity (Wildman–Crippen MR) is 95.2 cm³/mol. The van der Waals surface area contributed by atoms with Crippen LogP contribution in [-0.2, 0) is 12.8 Å². The summed E-state index contributed by atoms with van der Waals surface area (Å²) in [7, 11) is 0. The Kier molecular flexibility index (Phi) is 4.57. The van der Waals surface area contributed by atoms with Gasteiger partial charge in [0.25, 0.3) is 0 Å². The third-order valence-corrected chi connectivity index (χ3v) is 4.21. The van der Waals surface area contributed by atoms with Crippen LogP contribution in [0.4, 0.5) is 4.39 Å². The minimum Gasteiger partial charge on any atom is -0.206 e. The molecule has 0 unspecified atom stereocenters. The fourth-order valence-electron chi connectivity index (χ4n) is 2.75. The minimum absolute atomic E-state index is 0.155. The summed E-state index contributed by atoms with van der Waals surface area (Å²) < 4.78 is 14.0. The molecule has 0 bridgehead atoms. The van der Waals surface area contributed by atoms with E-state index < -0.39 is 0 Å². The summed E-state index contributed by atoms with van der Waals surface area (Å²) in [4.78, 5) is 0. The summed E-state index contributed by atoms with van der Waals surface area (Å²) in [5.74, 6) is -0.155. The van der Waals surface area contributed by atoms with Crippen molar-refractivity contribution in [2.75, 3.05) is 0 Å². The van der Waals surface area contributed by atoms with Crippen LogP contribution in [-0.4, -0.2) is 0 Å². The minimum atomic E-state index is -0.155. The van der Waals surface area contributed by atoms with Crippen LogP contribution in [0, 0.1) is 19.7 Å². The number of hydrogen-bond acceptors (Lipinski definition) is 0. The topological polar surface area (TPSA) is 0 Å². The first-order valence-electron chi connectivity index (χ1n) is 8.03. The van der Waals surface area contributed by atoms with E-state index in [9.17, 15) is 4.39 Å². The van der Waals surface area contributed by atoms with Crippen molar-refractivity contribution in [2.45, 2.75) is 26.7 Å². The van der Waals surface area contributed by atoms with E-state index in [1.54, 1.807) is 6.07 Å². The largest absolute Gasteiger partial charge is 0.206 e. The Hall–Kier alpha value is -2.41. The molecule has 3 aromatic rings. The van der Waals surface area contributed by atoms with Gasteiger partial charge in [-0.1, -0.05) is 66.2 Å². The average Bonchev–Trinajstić information content (AvgIpc) is 2.55. The van der Waals surface area contributed by atoms with Crippen molar-refractivity contribution >= 4 is 0 Å². The lowest BCUT2D eigenvalue weighted by Gasteiger charge is -2.07. The van der Waals surface area contributed by atoms with Crippen molar-refractivity contribution in [3.8, 4) is 11.1 Å². The molecule has 0 aliphatic rings. The Bertz CT molecular complexity index is 783. The molecule has 23 heavy (non-hydrogen) atoms. The second-order valence-electron chi connectivity index (χ2n) is 6.17. The zero-order chi connectivity index (χ0) is 16.2. The summed E-state index contributed by atoms with van der Waals surface area (Å²) in [5, 5.41) is 0. The number of halogens is 1. The molecule has 3 aromatic carbocycles. The van der Waals surface area contributed by atoms with Crippen molar-refractivity contribution in [1.29, 1.82) is 0 Å². The van der Waals surface area contributed by atoms with Gasteiger partial charge < -0.3 is 0 Å². The second kappa shape index (κ2) is 6.78. The van der Waals surface area contributed by atoms with E-state index in [4.69, 9.17) is 0 Å². The van der Waals surface area contributed by atoms with Crippen molar-refractivity contribution in [2.24, 2.45) is 0 Å². The quantitative estimate of drug-likeness (QED) is 0.563. The first kappa shape index (κ1) is 15.5. The van der Waals surface area contributed by atoms with E-state index in [1.165, 1.54) is 16.7 Å². The molecule has 0 radical (unpaired) electrons. The molecule has 3 rings (SSSR count). The number of hydrogen-bond donors (Lipinski definition) is 0. The van der Waals surface area contributed by atoms with E-state index in [0.29, 0.717) is 5.56 Å². The van der Waals surface area contributed by atoms with Gasteiger partial charge in [-0.15, -0.1) is 0 Å². The summed E-state index contributed by atoms with van der Waals surface area (Å²) in [5.41, 5.74) is 6.47. The van der Waals surface area contributed by atoms with Crippen LogP contribution in [0.5, 0.6) is 0 Å². The number of aryl methyl sites for hydroxylation is 4. The third-order valence-electron chi connectivity index (χ3n) is 4.21. The maximum Gasteiger partial charge on any atom is 0.131 e. The summed E-state index contributed by atoms with van der Waals surface area (Å²) >= 11 is 0. The lowest BCUT2D eigenvalue weighted by Crippen LogP contribution is -1.92. The van der Waals surface area contributed by atoms with Crippen LogP contribution in [0.3, 0.4) is 0 Å². The third kappa shape index (κ3) is 3.87. The second-order valence-corrected chi connectivity index (χ2v) is 6.17. The highest BCUT2D eigenvalue weighted by Crippen LogP contribution is 2.24. The smallest absolute Gasteiger partial charge is 0.131 e.